The first kappa shape index (κ1) is 20.4. The molecule has 0 spiro atoms. The number of halogens is 3. The molecular formula is C15H14F3N5O3S. The van der Waals surface area contributed by atoms with Gasteiger partial charge in [-0.25, -0.2) is 14.9 Å². The summed E-state index contributed by atoms with van der Waals surface area (Å²) in [6, 6.07) is 4.44. The largest absolute Gasteiger partial charge is 0.416 e. The van der Waals surface area contributed by atoms with Gasteiger partial charge in [0.15, 0.2) is 5.03 Å². The SMILES string of the molecule is Cn1nc(SCC(=O)N/N=C\c2cccc(C(F)(F)F)c2)c(=O)n(C)c1=O. The minimum atomic E-state index is -4.47. The van der Waals surface area contributed by atoms with Crippen LogP contribution in [0, 0.1) is 0 Å². The Balaban J connectivity index is 1.97. The monoisotopic (exact) mass is 401 g/mol. The molecule has 0 saturated carbocycles. The molecule has 0 unspecified atom stereocenters. The number of carbonyl (C=O) groups excluding carboxylic acids is 1. The summed E-state index contributed by atoms with van der Waals surface area (Å²) in [4.78, 5) is 35.2. The van der Waals surface area contributed by atoms with Gasteiger partial charge in [-0.1, -0.05) is 23.9 Å². The van der Waals surface area contributed by atoms with Crippen LogP contribution in [0.2, 0.25) is 0 Å². The highest BCUT2D eigenvalue weighted by molar-refractivity contribution is 7.99. The Morgan fingerprint density at radius 3 is 2.70 bits per heavy atom. The van der Waals surface area contributed by atoms with Gasteiger partial charge in [-0.15, -0.1) is 0 Å². The van der Waals surface area contributed by atoms with E-state index in [1.54, 1.807) is 0 Å². The molecule has 0 atom stereocenters. The standard InChI is InChI=1S/C15H14F3N5O3S/c1-22-13(25)12(21-23(2)14(22)26)27-8-11(24)20-19-7-9-4-3-5-10(6-9)15(16,17)18/h3-7H,8H2,1-2H3,(H,20,24)/b19-7-. The van der Waals surface area contributed by atoms with Crippen molar-refractivity contribution in [3.63, 3.8) is 0 Å². The zero-order chi connectivity index (χ0) is 20.2. The number of alkyl halides is 3. The number of thioether (sulfide) groups is 1. The van der Waals surface area contributed by atoms with Gasteiger partial charge in [0.1, 0.15) is 0 Å². The second kappa shape index (κ2) is 8.20. The summed E-state index contributed by atoms with van der Waals surface area (Å²) in [6.45, 7) is 0. The molecule has 144 valence electrons. The lowest BCUT2D eigenvalue weighted by Gasteiger charge is -2.06. The number of aromatic nitrogens is 3. The molecule has 0 aliphatic carbocycles. The van der Waals surface area contributed by atoms with E-state index in [-0.39, 0.29) is 16.3 Å². The summed E-state index contributed by atoms with van der Waals surface area (Å²) in [5.41, 5.74) is 0.239. The van der Waals surface area contributed by atoms with Crippen molar-refractivity contribution in [3.05, 3.63) is 56.2 Å². The van der Waals surface area contributed by atoms with Gasteiger partial charge in [0, 0.05) is 14.1 Å². The summed E-state index contributed by atoms with van der Waals surface area (Å²) in [5.74, 6) is -0.818. The van der Waals surface area contributed by atoms with E-state index in [1.807, 2.05) is 0 Å². The van der Waals surface area contributed by atoms with Crippen molar-refractivity contribution < 1.29 is 18.0 Å². The van der Waals surface area contributed by atoms with Gasteiger partial charge < -0.3 is 0 Å². The number of hydrogen-bond donors (Lipinski definition) is 1. The second-order valence-electron chi connectivity index (χ2n) is 5.28. The summed E-state index contributed by atoms with van der Waals surface area (Å²) in [6.07, 6.45) is -3.40. The molecule has 0 saturated heterocycles. The Labute approximate surface area is 154 Å². The molecule has 1 N–H and O–H groups in total. The molecule has 1 aromatic heterocycles. The molecule has 2 rings (SSSR count). The van der Waals surface area contributed by atoms with Gasteiger partial charge in [0.05, 0.1) is 17.5 Å². The first-order chi connectivity index (χ1) is 12.6. The Morgan fingerprint density at radius 2 is 2.04 bits per heavy atom. The average molecular weight is 401 g/mol. The predicted molar refractivity (Wildman–Crippen MR) is 92.6 cm³/mol. The molecule has 0 fully saturated rings. The van der Waals surface area contributed by atoms with Crippen molar-refractivity contribution in [1.29, 1.82) is 0 Å². The van der Waals surface area contributed by atoms with E-state index in [4.69, 9.17) is 0 Å². The van der Waals surface area contributed by atoms with E-state index < -0.39 is 28.9 Å². The molecule has 2 aromatic rings. The number of nitrogens with zero attached hydrogens (tertiary/aromatic N) is 4. The van der Waals surface area contributed by atoms with Crippen molar-refractivity contribution >= 4 is 23.9 Å². The third-order valence-corrected chi connectivity index (χ3v) is 4.19. The van der Waals surface area contributed by atoms with Crippen LogP contribution in [-0.4, -0.2) is 32.2 Å². The predicted octanol–water partition coefficient (Wildman–Crippen LogP) is 0.740. The van der Waals surface area contributed by atoms with E-state index in [2.05, 4.69) is 15.6 Å². The fraction of sp³-hybridized carbons (Fsp3) is 0.267. The number of carbonyl (C=O) groups is 1. The van der Waals surface area contributed by atoms with E-state index in [1.165, 1.54) is 26.2 Å². The number of benzene rings is 1. The third-order valence-electron chi connectivity index (χ3n) is 3.25. The maximum absolute atomic E-state index is 12.6. The van der Waals surface area contributed by atoms with Crippen LogP contribution in [0.3, 0.4) is 0 Å². The molecule has 8 nitrogen and oxygen atoms in total. The third kappa shape index (κ3) is 5.29. The van der Waals surface area contributed by atoms with E-state index in [9.17, 15) is 27.6 Å². The first-order valence-electron chi connectivity index (χ1n) is 7.36. The fourth-order valence-corrected chi connectivity index (χ4v) is 2.67. The number of nitrogens with one attached hydrogen (secondary N) is 1. The van der Waals surface area contributed by atoms with Gasteiger partial charge in [0.25, 0.3) is 5.56 Å². The fourth-order valence-electron chi connectivity index (χ4n) is 1.90. The van der Waals surface area contributed by atoms with Crippen molar-refractivity contribution in [2.24, 2.45) is 19.2 Å². The van der Waals surface area contributed by atoms with E-state index in [0.29, 0.717) is 0 Å². The number of aryl methyl sites for hydroxylation is 1. The van der Waals surface area contributed by atoms with Crippen LogP contribution < -0.4 is 16.7 Å². The normalized spacial score (nSPS) is 11.7. The Hall–Kier alpha value is -2.89. The lowest BCUT2D eigenvalue weighted by Crippen LogP contribution is -2.39. The molecule has 1 heterocycles. The Morgan fingerprint density at radius 1 is 1.33 bits per heavy atom. The quantitative estimate of drug-likeness (QED) is 0.453. The lowest BCUT2D eigenvalue weighted by molar-refractivity contribution is -0.137. The van der Waals surface area contributed by atoms with Gasteiger partial charge >= 0.3 is 11.9 Å². The van der Waals surface area contributed by atoms with Crippen LogP contribution in [0.1, 0.15) is 11.1 Å². The first-order valence-corrected chi connectivity index (χ1v) is 8.34. The molecule has 0 aliphatic heterocycles. The molecule has 1 aromatic carbocycles. The zero-order valence-corrected chi connectivity index (χ0v) is 15.0. The molecule has 1 amide bonds. The molecule has 0 aliphatic rings. The molecule has 12 heteroatoms. The Bertz CT molecular complexity index is 997. The topological polar surface area (TPSA) is 98.3 Å². The molecule has 0 bridgehead atoms. The van der Waals surface area contributed by atoms with Crippen LogP contribution in [0.15, 0.2) is 44.0 Å². The van der Waals surface area contributed by atoms with E-state index >= 15 is 0 Å². The van der Waals surface area contributed by atoms with Gasteiger partial charge in [-0.3, -0.25) is 14.2 Å². The second-order valence-corrected chi connectivity index (χ2v) is 6.24. The number of hydrazone groups is 1. The van der Waals surface area contributed by atoms with Crippen molar-refractivity contribution in [1.82, 2.24) is 19.8 Å². The van der Waals surface area contributed by atoms with Gasteiger partial charge in [-0.05, 0) is 17.7 Å². The molecule has 0 radical (unpaired) electrons. The number of rotatable bonds is 5. The van der Waals surface area contributed by atoms with Crippen LogP contribution in [0.4, 0.5) is 13.2 Å². The summed E-state index contributed by atoms with van der Waals surface area (Å²) in [7, 11) is 2.65. The van der Waals surface area contributed by atoms with Crippen LogP contribution >= 0.6 is 11.8 Å². The molecular weight excluding hydrogens is 387 g/mol. The maximum atomic E-state index is 12.6. The van der Waals surface area contributed by atoms with Crippen LogP contribution in [-0.2, 0) is 25.1 Å². The van der Waals surface area contributed by atoms with Crippen molar-refractivity contribution in [2.75, 3.05) is 5.75 Å². The van der Waals surface area contributed by atoms with Crippen molar-refractivity contribution in [2.45, 2.75) is 11.2 Å². The lowest BCUT2D eigenvalue weighted by atomic mass is 10.1. The Kier molecular flexibility index (Phi) is 6.20. The highest BCUT2D eigenvalue weighted by atomic mass is 32.2. The zero-order valence-electron chi connectivity index (χ0n) is 14.1. The maximum Gasteiger partial charge on any atom is 0.416 e. The van der Waals surface area contributed by atoms with Gasteiger partial charge in [-0.2, -0.15) is 23.4 Å². The van der Waals surface area contributed by atoms with Crippen LogP contribution in [0.25, 0.3) is 0 Å². The minimum Gasteiger partial charge on any atom is -0.272 e. The summed E-state index contributed by atoms with van der Waals surface area (Å²) >= 11 is 0.805. The summed E-state index contributed by atoms with van der Waals surface area (Å²) < 4.78 is 39.7. The molecule has 27 heavy (non-hydrogen) atoms. The highest BCUT2D eigenvalue weighted by Gasteiger charge is 2.30. The number of hydrogen-bond acceptors (Lipinski definition) is 6. The summed E-state index contributed by atoms with van der Waals surface area (Å²) in [5, 5.41) is 7.31. The smallest absolute Gasteiger partial charge is 0.272 e. The average Bonchev–Trinajstić information content (AvgIpc) is 2.61. The minimum absolute atomic E-state index is 0.0448. The van der Waals surface area contributed by atoms with Gasteiger partial charge in [0.2, 0.25) is 5.91 Å². The van der Waals surface area contributed by atoms with E-state index in [0.717, 1.165) is 39.4 Å². The van der Waals surface area contributed by atoms with Crippen molar-refractivity contribution in [3.8, 4) is 0 Å². The highest BCUT2D eigenvalue weighted by Crippen LogP contribution is 2.29. The number of amides is 1. The van der Waals surface area contributed by atoms with Crippen LogP contribution in [0.5, 0.6) is 0 Å².